The van der Waals surface area contributed by atoms with E-state index in [1.54, 1.807) is 25.1 Å². The number of imide groups is 1. The van der Waals surface area contributed by atoms with Crippen LogP contribution in [0.4, 0.5) is 10.5 Å². The van der Waals surface area contributed by atoms with E-state index in [0.29, 0.717) is 12.8 Å². The topological polar surface area (TPSA) is 105 Å². The molecule has 2 aromatic carbocycles. The zero-order valence-electron chi connectivity index (χ0n) is 16.4. The minimum atomic E-state index is -1.11. The van der Waals surface area contributed by atoms with Crippen molar-refractivity contribution in [1.29, 1.82) is 0 Å². The summed E-state index contributed by atoms with van der Waals surface area (Å²) in [6.45, 7) is 1.44. The van der Waals surface area contributed by atoms with Gasteiger partial charge in [0.2, 0.25) is 5.91 Å². The number of urea groups is 1. The van der Waals surface area contributed by atoms with E-state index in [1.807, 2.05) is 24.3 Å². The molecule has 1 saturated heterocycles. The van der Waals surface area contributed by atoms with Crippen molar-refractivity contribution >= 4 is 29.5 Å². The molecule has 0 radical (unpaired) electrons. The number of hydrogen-bond acceptors (Lipinski definition) is 5. The van der Waals surface area contributed by atoms with E-state index in [2.05, 4.69) is 10.6 Å². The Kier molecular flexibility index (Phi) is 4.99. The number of esters is 1. The molecule has 1 fully saturated rings. The molecule has 0 saturated carbocycles. The fourth-order valence-electron chi connectivity index (χ4n) is 4.05. The minimum absolute atomic E-state index is 0.200. The third kappa shape index (κ3) is 3.20. The second-order valence-electron chi connectivity index (χ2n) is 7.20. The Balaban J connectivity index is 1.51. The molecule has 154 valence electrons. The average molecular weight is 407 g/mol. The quantitative estimate of drug-likeness (QED) is 0.584. The Labute approximate surface area is 173 Å². The van der Waals surface area contributed by atoms with Crippen LogP contribution >= 0.6 is 0 Å². The van der Waals surface area contributed by atoms with Gasteiger partial charge in [-0.25, -0.2) is 9.59 Å². The molecule has 1 aliphatic carbocycles. The molecule has 1 heterocycles. The molecule has 1 unspecified atom stereocenters. The molecular weight excluding hydrogens is 386 g/mol. The molecule has 8 nitrogen and oxygen atoms in total. The maximum absolute atomic E-state index is 13.1. The van der Waals surface area contributed by atoms with E-state index in [-0.39, 0.29) is 17.9 Å². The van der Waals surface area contributed by atoms with Gasteiger partial charge in [0, 0.05) is 0 Å². The number of amides is 4. The van der Waals surface area contributed by atoms with Crippen molar-refractivity contribution in [2.24, 2.45) is 0 Å². The molecule has 0 bridgehead atoms. The van der Waals surface area contributed by atoms with Crippen LogP contribution in [-0.2, 0) is 26.3 Å². The third-order valence-corrected chi connectivity index (χ3v) is 5.42. The number of anilines is 1. The number of hydrogen-bond donors (Lipinski definition) is 2. The van der Waals surface area contributed by atoms with Crippen molar-refractivity contribution in [3.05, 3.63) is 65.2 Å². The minimum Gasteiger partial charge on any atom is -0.462 e. The Morgan fingerprint density at radius 3 is 2.67 bits per heavy atom. The Morgan fingerprint density at radius 2 is 1.87 bits per heavy atom. The third-order valence-electron chi connectivity index (χ3n) is 5.42. The number of rotatable bonds is 5. The van der Waals surface area contributed by atoms with Crippen molar-refractivity contribution in [2.75, 3.05) is 18.5 Å². The summed E-state index contributed by atoms with van der Waals surface area (Å²) in [6, 6.07) is 13.3. The number of aryl methyl sites for hydroxylation is 1. The highest BCUT2D eigenvalue weighted by Crippen LogP contribution is 2.41. The van der Waals surface area contributed by atoms with Gasteiger partial charge in [0.25, 0.3) is 5.91 Å². The number of nitrogens with one attached hydrogen (secondary N) is 2. The first-order chi connectivity index (χ1) is 14.5. The van der Waals surface area contributed by atoms with Gasteiger partial charge in [-0.2, -0.15) is 0 Å². The summed E-state index contributed by atoms with van der Waals surface area (Å²) in [5, 5.41) is 5.39. The smallest absolute Gasteiger partial charge is 0.340 e. The van der Waals surface area contributed by atoms with Crippen LogP contribution in [0.1, 0.15) is 34.8 Å². The van der Waals surface area contributed by atoms with Crippen LogP contribution < -0.4 is 10.6 Å². The zero-order chi connectivity index (χ0) is 21.3. The van der Waals surface area contributed by atoms with Crippen molar-refractivity contribution in [1.82, 2.24) is 10.2 Å². The monoisotopic (exact) mass is 407 g/mol. The highest BCUT2D eigenvalue weighted by Gasteiger charge is 2.55. The standard InChI is InChI=1S/C22H21N3O5/c1-2-30-19(27)15-8-4-6-10-17(15)23-18(26)13-25-20(28)22(24-21(25)29)12-11-14-7-3-5-9-16(14)22/h3-10H,2,11-13H2,1H3,(H,23,26)(H,24,29). The number of fused-ring (bicyclic) bond motifs is 2. The highest BCUT2D eigenvalue weighted by atomic mass is 16.5. The molecule has 4 rings (SSSR count). The Morgan fingerprint density at radius 1 is 1.13 bits per heavy atom. The lowest BCUT2D eigenvalue weighted by Crippen LogP contribution is -2.43. The highest BCUT2D eigenvalue weighted by molar-refractivity contribution is 6.11. The predicted molar refractivity (Wildman–Crippen MR) is 108 cm³/mol. The van der Waals surface area contributed by atoms with Gasteiger partial charge in [-0.15, -0.1) is 0 Å². The van der Waals surface area contributed by atoms with Gasteiger partial charge in [0.05, 0.1) is 17.9 Å². The lowest BCUT2D eigenvalue weighted by Gasteiger charge is -2.22. The molecule has 1 aliphatic heterocycles. The van der Waals surface area contributed by atoms with E-state index in [4.69, 9.17) is 4.74 Å². The molecule has 2 aromatic rings. The maximum Gasteiger partial charge on any atom is 0.340 e. The molecule has 2 N–H and O–H groups in total. The SMILES string of the molecule is CCOC(=O)c1ccccc1NC(=O)CN1C(=O)NC2(CCc3ccccc32)C1=O. The van der Waals surface area contributed by atoms with E-state index >= 15 is 0 Å². The van der Waals surface area contributed by atoms with Crippen LogP contribution in [0.25, 0.3) is 0 Å². The van der Waals surface area contributed by atoms with Crippen LogP contribution in [0, 0.1) is 0 Å². The lowest BCUT2D eigenvalue weighted by molar-refractivity contribution is -0.134. The Bertz CT molecular complexity index is 1050. The summed E-state index contributed by atoms with van der Waals surface area (Å²) in [5.74, 6) is -1.59. The molecule has 8 heteroatoms. The van der Waals surface area contributed by atoms with Crippen LogP contribution in [0.2, 0.25) is 0 Å². The van der Waals surface area contributed by atoms with Gasteiger partial charge in [0.15, 0.2) is 0 Å². The second-order valence-corrected chi connectivity index (χ2v) is 7.20. The number of para-hydroxylation sites is 1. The van der Waals surface area contributed by atoms with Crippen LogP contribution in [-0.4, -0.2) is 41.9 Å². The largest absolute Gasteiger partial charge is 0.462 e. The summed E-state index contributed by atoms with van der Waals surface area (Å²) in [4.78, 5) is 51.3. The predicted octanol–water partition coefficient (Wildman–Crippen LogP) is 2.20. The summed E-state index contributed by atoms with van der Waals surface area (Å²) in [6.07, 6.45) is 1.13. The molecule has 1 spiro atoms. The summed E-state index contributed by atoms with van der Waals surface area (Å²) in [5.41, 5.74) is 1.14. The van der Waals surface area contributed by atoms with Crippen molar-refractivity contribution in [2.45, 2.75) is 25.3 Å². The van der Waals surface area contributed by atoms with E-state index in [1.165, 1.54) is 6.07 Å². The number of nitrogens with zero attached hydrogens (tertiary/aromatic N) is 1. The van der Waals surface area contributed by atoms with Crippen LogP contribution in [0.3, 0.4) is 0 Å². The molecule has 4 amide bonds. The molecule has 2 aliphatic rings. The second kappa shape index (κ2) is 7.62. The molecular formula is C22H21N3O5. The van der Waals surface area contributed by atoms with E-state index in [0.717, 1.165) is 16.0 Å². The van der Waals surface area contributed by atoms with Gasteiger partial charge in [-0.3, -0.25) is 14.5 Å². The van der Waals surface area contributed by atoms with Crippen LogP contribution in [0.5, 0.6) is 0 Å². The molecule has 30 heavy (non-hydrogen) atoms. The summed E-state index contributed by atoms with van der Waals surface area (Å²) in [7, 11) is 0. The van der Waals surface area contributed by atoms with E-state index < -0.39 is 35.9 Å². The maximum atomic E-state index is 13.1. The number of benzene rings is 2. The Hall–Kier alpha value is -3.68. The first-order valence-electron chi connectivity index (χ1n) is 9.75. The van der Waals surface area contributed by atoms with Crippen molar-refractivity contribution in [3.8, 4) is 0 Å². The summed E-state index contributed by atoms with van der Waals surface area (Å²) < 4.78 is 5.00. The fourth-order valence-corrected chi connectivity index (χ4v) is 4.05. The molecule has 1 atom stereocenters. The average Bonchev–Trinajstić information content (AvgIpc) is 3.22. The zero-order valence-corrected chi connectivity index (χ0v) is 16.4. The van der Waals surface area contributed by atoms with Crippen molar-refractivity contribution in [3.63, 3.8) is 0 Å². The fraction of sp³-hybridized carbons (Fsp3) is 0.273. The number of carbonyl (C=O) groups is 4. The number of carbonyl (C=O) groups excluding carboxylic acids is 4. The van der Waals surface area contributed by atoms with Gasteiger partial charge < -0.3 is 15.4 Å². The van der Waals surface area contributed by atoms with Gasteiger partial charge in [-0.1, -0.05) is 36.4 Å². The van der Waals surface area contributed by atoms with Crippen molar-refractivity contribution < 1.29 is 23.9 Å². The first-order valence-corrected chi connectivity index (χ1v) is 9.75. The van der Waals surface area contributed by atoms with Gasteiger partial charge >= 0.3 is 12.0 Å². The normalized spacial score (nSPS) is 19.6. The lowest BCUT2D eigenvalue weighted by atomic mass is 9.92. The van der Waals surface area contributed by atoms with E-state index in [9.17, 15) is 19.2 Å². The summed E-state index contributed by atoms with van der Waals surface area (Å²) >= 11 is 0. The number of ether oxygens (including phenoxy) is 1. The van der Waals surface area contributed by atoms with Crippen LogP contribution in [0.15, 0.2) is 48.5 Å². The first kappa shape index (κ1) is 19.6. The molecule has 0 aromatic heterocycles. The van der Waals surface area contributed by atoms with Gasteiger partial charge in [-0.05, 0) is 43.0 Å². The van der Waals surface area contributed by atoms with Gasteiger partial charge in [0.1, 0.15) is 12.1 Å².